The summed E-state index contributed by atoms with van der Waals surface area (Å²) in [4.78, 5) is 12.3. The normalized spacial score (nSPS) is 10.7. The summed E-state index contributed by atoms with van der Waals surface area (Å²) in [6.07, 6.45) is 0. The van der Waals surface area contributed by atoms with Crippen LogP contribution >= 0.6 is 11.8 Å². The summed E-state index contributed by atoms with van der Waals surface area (Å²) >= 11 is 1.35. The molecule has 0 unspecified atom stereocenters. The molecule has 2 aromatic carbocycles. The number of benzene rings is 2. The van der Waals surface area contributed by atoms with Crippen LogP contribution in [0.1, 0.15) is 22.5 Å². The van der Waals surface area contributed by atoms with E-state index in [-0.39, 0.29) is 11.7 Å². The summed E-state index contributed by atoms with van der Waals surface area (Å²) < 4.78 is 7.63. The van der Waals surface area contributed by atoms with Crippen LogP contribution in [0, 0.1) is 20.8 Å². The molecule has 3 rings (SSSR count). The maximum atomic E-state index is 12.3. The number of thioether (sulfide) groups is 1. The molecule has 0 bridgehead atoms. The van der Waals surface area contributed by atoms with Crippen molar-refractivity contribution in [1.82, 2.24) is 14.8 Å². The lowest BCUT2D eigenvalue weighted by atomic mass is 10.1. The van der Waals surface area contributed by atoms with E-state index in [4.69, 9.17) is 4.74 Å². The average Bonchev–Trinajstić information content (AvgIpc) is 2.97. The molecule has 0 aliphatic heterocycles. The first-order valence-corrected chi connectivity index (χ1v) is 9.98. The van der Waals surface area contributed by atoms with Crippen LogP contribution < -0.4 is 10.1 Å². The van der Waals surface area contributed by atoms with Crippen molar-refractivity contribution in [2.45, 2.75) is 32.5 Å². The first-order chi connectivity index (χ1) is 13.4. The first-order valence-electron chi connectivity index (χ1n) is 8.99. The molecule has 28 heavy (non-hydrogen) atoms. The van der Waals surface area contributed by atoms with Crippen molar-refractivity contribution in [2.24, 2.45) is 7.05 Å². The van der Waals surface area contributed by atoms with Gasteiger partial charge in [-0.3, -0.25) is 4.79 Å². The van der Waals surface area contributed by atoms with Gasteiger partial charge in [0.1, 0.15) is 12.4 Å². The van der Waals surface area contributed by atoms with Gasteiger partial charge < -0.3 is 14.6 Å². The van der Waals surface area contributed by atoms with E-state index in [2.05, 4.69) is 21.6 Å². The quantitative estimate of drug-likeness (QED) is 0.610. The maximum absolute atomic E-state index is 12.3. The van der Waals surface area contributed by atoms with Gasteiger partial charge in [-0.2, -0.15) is 0 Å². The Morgan fingerprint density at radius 2 is 1.82 bits per heavy atom. The Hall–Kier alpha value is -2.80. The molecule has 0 atom stereocenters. The van der Waals surface area contributed by atoms with Crippen molar-refractivity contribution in [3.8, 4) is 5.75 Å². The monoisotopic (exact) mass is 396 g/mol. The number of anilines is 1. The molecule has 0 saturated carbocycles. The minimum Gasteiger partial charge on any atom is -0.486 e. The van der Waals surface area contributed by atoms with E-state index in [1.807, 2.05) is 68.8 Å². The summed E-state index contributed by atoms with van der Waals surface area (Å²) in [6, 6.07) is 13.9. The van der Waals surface area contributed by atoms with Crippen molar-refractivity contribution in [3.63, 3.8) is 0 Å². The molecule has 1 amide bonds. The fraction of sp³-hybridized carbons (Fsp3) is 0.286. The van der Waals surface area contributed by atoms with Crippen LogP contribution in [0.5, 0.6) is 5.75 Å². The van der Waals surface area contributed by atoms with E-state index in [1.165, 1.54) is 11.8 Å². The van der Waals surface area contributed by atoms with Gasteiger partial charge in [0.25, 0.3) is 0 Å². The molecule has 3 aromatic rings. The van der Waals surface area contributed by atoms with E-state index >= 15 is 0 Å². The maximum Gasteiger partial charge on any atom is 0.234 e. The number of nitrogens with zero attached hydrogens (tertiary/aromatic N) is 3. The average molecular weight is 397 g/mol. The highest BCUT2D eigenvalue weighted by atomic mass is 32.2. The Labute approximate surface area is 169 Å². The third-order valence-electron chi connectivity index (χ3n) is 4.12. The Kier molecular flexibility index (Phi) is 6.36. The molecule has 146 valence electrons. The third-order valence-corrected chi connectivity index (χ3v) is 5.14. The highest BCUT2D eigenvalue weighted by molar-refractivity contribution is 7.99. The molecule has 6 nitrogen and oxygen atoms in total. The molecule has 1 heterocycles. The minimum atomic E-state index is -0.0736. The summed E-state index contributed by atoms with van der Waals surface area (Å²) in [7, 11) is 1.87. The number of amides is 1. The lowest BCUT2D eigenvalue weighted by Gasteiger charge is -2.08. The summed E-state index contributed by atoms with van der Waals surface area (Å²) in [5.41, 5.74) is 4.19. The molecule has 0 fully saturated rings. The lowest BCUT2D eigenvalue weighted by Crippen LogP contribution is -2.14. The topological polar surface area (TPSA) is 69.0 Å². The molecule has 0 spiro atoms. The van der Waals surface area contributed by atoms with Gasteiger partial charge in [0, 0.05) is 12.7 Å². The predicted octanol–water partition coefficient (Wildman–Crippen LogP) is 4.05. The number of ether oxygens (including phenoxy) is 1. The molecule has 1 aromatic heterocycles. The number of carbonyl (C=O) groups excluding carboxylic acids is 1. The zero-order valence-electron chi connectivity index (χ0n) is 16.5. The Balaban J connectivity index is 1.54. The van der Waals surface area contributed by atoms with Crippen LogP contribution in [0.4, 0.5) is 5.69 Å². The van der Waals surface area contributed by atoms with Gasteiger partial charge in [0.2, 0.25) is 5.91 Å². The lowest BCUT2D eigenvalue weighted by molar-refractivity contribution is -0.113. The number of aryl methyl sites for hydroxylation is 3. The van der Waals surface area contributed by atoms with Crippen molar-refractivity contribution in [3.05, 3.63) is 65.0 Å². The van der Waals surface area contributed by atoms with Gasteiger partial charge in [-0.05, 0) is 61.7 Å². The number of hydrogen-bond acceptors (Lipinski definition) is 5. The van der Waals surface area contributed by atoms with Gasteiger partial charge in [-0.1, -0.05) is 30.0 Å². The van der Waals surface area contributed by atoms with Gasteiger partial charge in [0.05, 0.1) is 5.75 Å². The highest BCUT2D eigenvalue weighted by Gasteiger charge is 2.12. The van der Waals surface area contributed by atoms with Crippen LogP contribution in [-0.2, 0) is 18.4 Å². The number of nitrogens with one attached hydrogen (secondary N) is 1. The predicted molar refractivity (Wildman–Crippen MR) is 112 cm³/mol. The Morgan fingerprint density at radius 3 is 2.54 bits per heavy atom. The zero-order chi connectivity index (χ0) is 20.1. The van der Waals surface area contributed by atoms with Crippen LogP contribution in [0.3, 0.4) is 0 Å². The summed E-state index contributed by atoms with van der Waals surface area (Å²) in [6.45, 7) is 6.37. The SMILES string of the molecule is Cc1cc(C)cc(NC(=O)CSc2nnc(COc3cccc(C)c3)n2C)c1. The van der Waals surface area contributed by atoms with Crippen molar-refractivity contribution in [2.75, 3.05) is 11.1 Å². The molecule has 7 heteroatoms. The fourth-order valence-corrected chi connectivity index (χ4v) is 3.55. The minimum absolute atomic E-state index is 0.0736. The van der Waals surface area contributed by atoms with Gasteiger partial charge in [0.15, 0.2) is 11.0 Å². The molecular weight excluding hydrogens is 372 g/mol. The summed E-state index contributed by atoms with van der Waals surface area (Å²) in [5.74, 6) is 1.69. The smallest absolute Gasteiger partial charge is 0.234 e. The number of carbonyl (C=O) groups is 1. The van der Waals surface area contributed by atoms with Crippen LogP contribution in [0.15, 0.2) is 47.6 Å². The molecular formula is C21H24N4O2S. The van der Waals surface area contributed by atoms with Gasteiger partial charge in [-0.15, -0.1) is 10.2 Å². The number of hydrogen-bond donors (Lipinski definition) is 1. The molecule has 0 saturated heterocycles. The van der Waals surface area contributed by atoms with Crippen molar-refractivity contribution in [1.29, 1.82) is 0 Å². The van der Waals surface area contributed by atoms with Crippen LogP contribution in [0.25, 0.3) is 0 Å². The Bertz CT molecular complexity index is 964. The van der Waals surface area contributed by atoms with E-state index < -0.39 is 0 Å². The third kappa shape index (κ3) is 5.36. The van der Waals surface area contributed by atoms with Crippen LogP contribution in [0.2, 0.25) is 0 Å². The second kappa shape index (κ2) is 8.93. The standard InChI is InChI=1S/C21H24N4O2S/c1-14-6-5-7-18(11-14)27-12-19-23-24-21(25(19)4)28-13-20(26)22-17-9-15(2)8-16(3)10-17/h5-11H,12-13H2,1-4H3,(H,22,26). The second-order valence-corrected chi connectivity index (χ2v) is 7.72. The molecule has 0 aliphatic rings. The van der Waals surface area contributed by atoms with E-state index in [0.29, 0.717) is 17.6 Å². The summed E-state index contributed by atoms with van der Waals surface area (Å²) in [5, 5.41) is 12.0. The van der Waals surface area contributed by atoms with Crippen molar-refractivity contribution < 1.29 is 9.53 Å². The zero-order valence-corrected chi connectivity index (χ0v) is 17.3. The van der Waals surface area contributed by atoms with Crippen molar-refractivity contribution >= 4 is 23.4 Å². The highest BCUT2D eigenvalue weighted by Crippen LogP contribution is 2.19. The van der Waals surface area contributed by atoms with E-state index in [1.54, 1.807) is 0 Å². The van der Waals surface area contributed by atoms with Gasteiger partial charge in [-0.25, -0.2) is 0 Å². The fourth-order valence-electron chi connectivity index (χ4n) is 2.82. The van der Waals surface area contributed by atoms with E-state index in [9.17, 15) is 4.79 Å². The number of aromatic nitrogens is 3. The molecule has 1 N–H and O–H groups in total. The molecule has 0 radical (unpaired) electrons. The second-order valence-electron chi connectivity index (χ2n) is 6.78. The van der Waals surface area contributed by atoms with Crippen LogP contribution in [-0.4, -0.2) is 26.4 Å². The number of rotatable bonds is 7. The largest absolute Gasteiger partial charge is 0.486 e. The van der Waals surface area contributed by atoms with E-state index in [0.717, 1.165) is 28.1 Å². The Morgan fingerprint density at radius 1 is 1.07 bits per heavy atom. The first kappa shape index (κ1) is 19.9. The van der Waals surface area contributed by atoms with Gasteiger partial charge >= 0.3 is 0 Å². The molecule has 0 aliphatic carbocycles.